The number of hydrogen-bond acceptors (Lipinski definition) is 3. The third-order valence-corrected chi connectivity index (χ3v) is 4.51. The zero-order chi connectivity index (χ0) is 18.2. The molecule has 1 aliphatic rings. The van der Waals surface area contributed by atoms with E-state index in [2.05, 4.69) is 5.32 Å². The molecule has 0 saturated heterocycles. The van der Waals surface area contributed by atoms with E-state index in [4.69, 9.17) is 16.3 Å². The van der Waals surface area contributed by atoms with Gasteiger partial charge in [-0.05, 0) is 49.2 Å². The first kappa shape index (κ1) is 17.3. The molecule has 0 fully saturated rings. The summed E-state index contributed by atoms with van der Waals surface area (Å²) < 4.78 is 5.80. The van der Waals surface area contributed by atoms with Gasteiger partial charge in [0.2, 0.25) is 0 Å². The molecule has 1 atom stereocenters. The molecule has 0 aromatic heterocycles. The molecule has 0 bridgehead atoms. The minimum Gasteiger partial charge on any atom is -0.466 e. The summed E-state index contributed by atoms with van der Waals surface area (Å²) in [6.45, 7) is 3.68. The van der Waals surface area contributed by atoms with Gasteiger partial charge in [0.05, 0.1) is 5.69 Å². The molecule has 1 aliphatic heterocycles. The van der Waals surface area contributed by atoms with Crippen molar-refractivity contribution in [3.05, 3.63) is 58.6 Å². The highest BCUT2D eigenvalue weighted by molar-refractivity contribution is 6.30. The quantitative estimate of drug-likeness (QED) is 0.858. The van der Waals surface area contributed by atoms with Gasteiger partial charge in [-0.15, -0.1) is 0 Å². The first-order chi connectivity index (χ1) is 11.8. The van der Waals surface area contributed by atoms with Gasteiger partial charge in [0, 0.05) is 18.6 Å². The standard InChI is InChI=1S/C19H19ClN2O3/c1-12-7-8-16-15(9-12)22(3)18(24)19(2,25-16)17(23)21-11-13-5-4-6-14(20)10-13/h4-10H,11H2,1-3H3,(H,21,23). The van der Waals surface area contributed by atoms with Crippen LogP contribution in [0.15, 0.2) is 42.5 Å². The summed E-state index contributed by atoms with van der Waals surface area (Å²) in [6, 6.07) is 12.7. The van der Waals surface area contributed by atoms with Gasteiger partial charge in [-0.2, -0.15) is 0 Å². The molecule has 25 heavy (non-hydrogen) atoms. The number of anilines is 1. The van der Waals surface area contributed by atoms with Crippen molar-refractivity contribution in [2.75, 3.05) is 11.9 Å². The fourth-order valence-corrected chi connectivity index (χ4v) is 3.02. The van der Waals surface area contributed by atoms with Crippen molar-refractivity contribution in [2.45, 2.75) is 26.0 Å². The summed E-state index contributed by atoms with van der Waals surface area (Å²) in [5.74, 6) is -0.391. The van der Waals surface area contributed by atoms with E-state index in [1.807, 2.05) is 25.1 Å². The Morgan fingerprint density at radius 1 is 1.28 bits per heavy atom. The number of amides is 2. The Kier molecular flexibility index (Phi) is 4.43. The number of benzene rings is 2. The minimum absolute atomic E-state index is 0.260. The van der Waals surface area contributed by atoms with E-state index in [0.717, 1.165) is 11.1 Å². The third-order valence-electron chi connectivity index (χ3n) is 4.28. The highest BCUT2D eigenvalue weighted by atomic mass is 35.5. The second-order valence-electron chi connectivity index (χ2n) is 6.28. The number of aryl methyl sites for hydroxylation is 1. The van der Waals surface area contributed by atoms with E-state index < -0.39 is 17.4 Å². The lowest BCUT2D eigenvalue weighted by Gasteiger charge is -2.38. The molecule has 2 amide bonds. The van der Waals surface area contributed by atoms with Crippen molar-refractivity contribution in [1.82, 2.24) is 5.32 Å². The van der Waals surface area contributed by atoms with E-state index in [0.29, 0.717) is 16.5 Å². The van der Waals surface area contributed by atoms with Crippen LogP contribution in [0.4, 0.5) is 5.69 Å². The molecule has 3 rings (SSSR count). The Morgan fingerprint density at radius 2 is 2.04 bits per heavy atom. The van der Waals surface area contributed by atoms with E-state index in [9.17, 15) is 9.59 Å². The fourth-order valence-electron chi connectivity index (χ4n) is 2.81. The van der Waals surface area contributed by atoms with E-state index in [1.54, 1.807) is 31.3 Å². The number of carbonyl (C=O) groups is 2. The highest BCUT2D eigenvalue weighted by Gasteiger charge is 2.49. The molecule has 1 unspecified atom stereocenters. The van der Waals surface area contributed by atoms with E-state index in [-0.39, 0.29) is 6.54 Å². The molecule has 0 aliphatic carbocycles. The summed E-state index contributed by atoms with van der Waals surface area (Å²) in [6.07, 6.45) is 0. The highest BCUT2D eigenvalue weighted by Crippen LogP contribution is 2.37. The molecular weight excluding hydrogens is 340 g/mol. The van der Waals surface area contributed by atoms with Crippen molar-refractivity contribution in [1.29, 1.82) is 0 Å². The third kappa shape index (κ3) is 3.20. The van der Waals surface area contributed by atoms with Crippen LogP contribution in [0.25, 0.3) is 0 Å². The van der Waals surface area contributed by atoms with Gasteiger partial charge in [0.25, 0.3) is 17.4 Å². The second-order valence-corrected chi connectivity index (χ2v) is 6.72. The number of carbonyl (C=O) groups excluding carboxylic acids is 2. The van der Waals surface area contributed by atoms with Crippen molar-refractivity contribution in [3.63, 3.8) is 0 Å². The average molecular weight is 359 g/mol. The number of likely N-dealkylation sites (N-methyl/N-ethyl adjacent to an activating group) is 1. The number of fused-ring (bicyclic) bond motifs is 1. The molecule has 1 heterocycles. The number of nitrogens with one attached hydrogen (secondary N) is 1. The summed E-state index contributed by atoms with van der Waals surface area (Å²) in [5, 5.41) is 3.35. The zero-order valence-electron chi connectivity index (χ0n) is 14.3. The van der Waals surface area contributed by atoms with Gasteiger partial charge in [-0.3, -0.25) is 9.59 Å². The maximum Gasteiger partial charge on any atom is 0.280 e. The molecule has 5 nitrogen and oxygen atoms in total. The maximum atomic E-state index is 12.7. The summed E-state index contributed by atoms with van der Waals surface area (Å²) in [7, 11) is 1.64. The van der Waals surface area contributed by atoms with Gasteiger partial charge >= 0.3 is 0 Å². The van der Waals surface area contributed by atoms with Gasteiger partial charge in [0.1, 0.15) is 5.75 Å². The van der Waals surface area contributed by atoms with E-state index >= 15 is 0 Å². The molecular formula is C19H19ClN2O3. The van der Waals surface area contributed by atoms with Crippen LogP contribution < -0.4 is 15.0 Å². The topological polar surface area (TPSA) is 58.6 Å². The molecule has 0 radical (unpaired) electrons. The number of nitrogens with zero attached hydrogens (tertiary/aromatic N) is 1. The summed E-state index contributed by atoms with van der Waals surface area (Å²) in [4.78, 5) is 26.9. The number of ether oxygens (including phenoxy) is 1. The predicted octanol–water partition coefficient (Wildman–Crippen LogP) is 3.08. The second kappa shape index (κ2) is 6.41. The van der Waals surface area contributed by atoms with Crippen LogP contribution in [0.3, 0.4) is 0 Å². The first-order valence-electron chi connectivity index (χ1n) is 7.92. The Bertz CT molecular complexity index is 852. The lowest BCUT2D eigenvalue weighted by atomic mass is 9.99. The Labute approximate surface area is 151 Å². The molecule has 2 aromatic carbocycles. The lowest BCUT2D eigenvalue weighted by Crippen LogP contribution is -2.61. The predicted molar refractivity (Wildman–Crippen MR) is 96.9 cm³/mol. The van der Waals surface area contributed by atoms with Gasteiger partial charge in [-0.25, -0.2) is 0 Å². The van der Waals surface area contributed by atoms with Crippen LogP contribution in [0, 0.1) is 6.92 Å². The molecule has 6 heteroatoms. The molecule has 2 aromatic rings. The van der Waals surface area contributed by atoms with Crippen LogP contribution >= 0.6 is 11.6 Å². The fraction of sp³-hybridized carbons (Fsp3) is 0.263. The normalized spacial score (nSPS) is 19.2. The minimum atomic E-state index is -1.62. The molecule has 1 N–H and O–H groups in total. The monoisotopic (exact) mass is 358 g/mol. The van der Waals surface area contributed by atoms with Crippen LogP contribution in [-0.4, -0.2) is 24.5 Å². The van der Waals surface area contributed by atoms with Crippen molar-refractivity contribution >= 4 is 29.1 Å². The Morgan fingerprint density at radius 3 is 2.76 bits per heavy atom. The Hall–Kier alpha value is -2.53. The smallest absolute Gasteiger partial charge is 0.280 e. The summed E-state index contributed by atoms with van der Waals surface area (Å²) >= 11 is 5.95. The van der Waals surface area contributed by atoms with E-state index in [1.165, 1.54) is 11.8 Å². The van der Waals surface area contributed by atoms with Crippen molar-refractivity contribution in [3.8, 4) is 5.75 Å². The van der Waals surface area contributed by atoms with Gasteiger partial charge < -0.3 is 15.0 Å². The van der Waals surface area contributed by atoms with Crippen LogP contribution in [0.2, 0.25) is 5.02 Å². The number of rotatable bonds is 3. The van der Waals surface area contributed by atoms with Gasteiger partial charge in [-0.1, -0.05) is 29.8 Å². The van der Waals surface area contributed by atoms with Crippen LogP contribution in [0.1, 0.15) is 18.1 Å². The molecule has 130 valence electrons. The molecule has 0 spiro atoms. The zero-order valence-corrected chi connectivity index (χ0v) is 15.1. The molecule has 0 saturated carbocycles. The first-order valence-corrected chi connectivity index (χ1v) is 8.29. The van der Waals surface area contributed by atoms with Gasteiger partial charge in [0.15, 0.2) is 0 Å². The Balaban J connectivity index is 1.81. The SMILES string of the molecule is Cc1ccc2c(c1)N(C)C(=O)C(C)(C(=O)NCc1cccc(Cl)c1)O2. The lowest BCUT2D eigenvalue weighted by molar-refractivity contribution is -0.148. The number of hydrogen-bond donors (Lipinski definition) is 1. The van der Waals surface area contributed by atoms with Crippen molar-refractivity contribution in [2.24, 2.45) is 0 Å². The van der Waals surface area contributed by atoms with Crippen LogP contribution in [0.5, 0.6) is 5.75 Å². The maximum absolute atomic E-state index is 12.7. The van der Waals surface area contributed by atoms with Crippen molar-refractivity contribution < 1.29 is 14.3 Å². The largest absolute Gasteiger partial charge is 0.466 e. The summed E-state index contributed by atoms with van der Waals surface area (Å²) in [5.41, 5.74) is 0.897. The van der Waals surface area contributed by atoms with Crippen LogP contribution in [-0.2, 0) is 16.1 Å². The average Bonchev–Trinajstić information content (AvgIpc) is 2.58. The number of halogens is 1.